The number of hydrogen-bond acceptors (Lipinski definition) is 1. The van der Waals surface area contributed by atoms with E-state index in [1.807, 2.05) is 0 Å². The molecule has 0 aliphatic carbocycles. The van der Waals surface area contributed by atoms with E-state index in [-0.39, 0.29) is 0 Å². The second kappa shape index (κ2) is 3.58. The fourth-order valence-corrected chi connectivity index (χ4v) is 1.07. The summed E-state index contributed by atoms with van der Waals surface area (Å²) in [6, 6.07) is 2.20. The lowest BCUT2D eigenvalue weighted by Gasteiger charge is -2.06. The smallest absolute Gasteiger partial charge is 0.0118 e. The van der Waals surface area contributed by atoms with Crippen LogP contribution in [-0.4, -0.2) is 30.5 Å². The van der Waals surface area contributed by atoms with Gasteiger partial charge in [-0.05, 0) is 39.1 Å². The maximum Gasteiger partial charge on any atom is 0.0118 e. The molecule has 0 spiro atoms. The van der Waals surface area contributed by atoms with Gasteiger partial charge in [0, 0.05) is 18.4 Å². The number of aryl methyl sites for hydroxylation is 1. The number of likely N-dealkylation sites (N-methyl/N-ethyl adjacent to an activating group) is 1. The topological polar surface area (TPSA) is 19.0 Å². The third kappa shape index (κ3) is 2.76. The van der Waals surface area contributed by atoms with Gasteiger partial charge < -0.3 is 9.88 Å². The summed E-state index contributed by atoms with van der Waals surface area (Å²) in [5.41, 5.74) is 2.65. The summed E-state index contributed by atoms with van der Waals surface area (Å²) >= 11 is 0. The molecule has 62 valence electrons. The SMILES string of the molecule is Cc1cc(CCN(C)C)c[nH]1. The molecule has 0 fully saturated rings. The minimum Gasteiger partial charge on any atom is -0.365 e. The Morgan fingerprint density at radius 3 is 2.64 bits per heavy atom. The van der Waals surface area contributed by atoms with E-state index in [0.29, 0.717) is 0 Å². The predicted octanol–water partition coefficient (Wildman–Crippen LogP) is 1.43. The lowest BCUT2D eigenvalue weighted by atomic mass is 10.2. The largest absolute Gasteiger partial charge is 0.365 e. The van der Waals surface area contributed by atoms with Crippen LogP contribution in [0.1, 0.15) is 11.3 Å². The Labute approximate surface area is 68.2 Å². The highest BCUT2D eigenvalue weighted by Gasteiger charge is 1.95. The molecule has 2 heteroatoms. The van der Waals surface area contributed by atoms with Crippen LogP contribution in [-0.2, 0) is 6.42 Å². The molecule has 0 radical (unpaired) electrons. The molecule has 1 aromatic rings. The first kappa shape index (κ1) is 8.34. The minimum atomic E-state index is 1.12. The fraction of sp³-hybridized carbons (Fsp3) is 0.556. The summed E-state index contributed by atoms with van der Waals surface area (Å²) in [6.07, 6.45) is 3.22. The van der Waals surface area contributed by atoms with E-state index >= 15 is 0 Å². The molecular formula is C9H16N2. The monoisotopic (exact) mass is 152 g/mol. The highest BCUT2D eigenvalue weighted by molar-refractivity contribution is 5.15. The normalized spacial score (nSPS) is 10.9. The molecule has 0 unspecified atom stereocenters. The van der Waals surface area contributed by atoms with Crippen molar-refractivity contribution in [1.82, 2.24) is 9.88 Å². The van der Waals surface area contributed by atoms with E-state index in [1.165, 1.54) is 11.3 Å². The molecule has 0 aliphatic rings. The van der Waals surface area contributed by atoms with Gasteiger partial charge in [0.2, 0.25) is 0 Å². The molecule has 11 heavy (non-hydrogen) atoms. The first-order chi connectivity index (χ1) is 5.18. The van der Waals surface area contributed by atoms with E-state index in [1.54, 1.807) is 0 Å². The number of nitrogens with zero attached hydrogens (tertiary/aromatic N) is 1. The van der Waals surface area contributed by atoms with Gasteiger partial charge in [0.05, 0.1) is 0 Å². The lowest BCUT2D eigenvalue weighted by Crippen LogP contribution is -2.14. The second-order valence-corrected chi connectivity index (χ2v) is 3.24. The van der Waals surface area contributed by atoms with Crippen LogP contribution in [0.2, 0.25) is 0 Å². The van der Waals surface area contributed by atoms with Crippen LogP contribution in [0, 0.1) is 6.92 Å². The van der Waals surface area contributed by atoms with Crippen LogP contribution in [0.3, 0.4) is 0 Å². The summed E-state index contributed by atoms with van der Waals surface area (Å²) in [7, 11) is 4.19. The van der Waals surface area contributed by atoms with Gasteiger partial charge in [0.15, 0.2) is 0 Å². The van der Waals surface area contributed by atoms with Crippen molar-refractivity contribution in [3.63, 3.8) is 0 Å². The zero-order chi connectivity index (χ0) is 8.27. The average Bonchev–Trinajstić information content (AvgIpc) is 2.31. The number of aromatic amines is 1. The van der Waals surface area contributed by atoms with E-state index in [9.17, 15) is 0 Å². The molecule has 1 aromatic heterocycles. The number of H-pyrrole nitrogens is 1. The highest BCUT2D eigenvalue weighted by atomic mass is 15.0. The number of nitrogens with one attached hydrogen (secondary N) is 1. The number of aromatic nitrogens is 1. The molecule has 1 rings (SSSR count). The van der Waals surface area contributed by atoms with Crippen LogP contribution in [0.15, 0.2) is 12.3 Å². The maximum absolute atomic E-state index is 3.17. The van der Waals surface area contributed by atoms with Crippen molar-refractivity contribution in [2.75, 3.05) is 20.6 Å². The Kier molecular flexibility index (Phi) is 2.71. The predicted molar refractivity (Wildman–Crippen MR) is 47.8 cm³/mol. The number of hydrogen-bond donors (Lipinski definition) is 1. The van der Waals surface area contributed by atoms with E-state index in [0.717, 1.165) is 13.0 Å². The lowest BCUT2D eigenvalue weighted by molar-refractivity contribution is 0.414. The van der Waals surface area contributed by atoms with Crippen molar-refractivity contribution in [3.8, 4) is 0 Å². The first-order valence-electron chi connectivity index (χ1n) is 3.97. The zero-order valence-corrected chi connectivity index (χ0v) is 7.52. The average molecular weight is 152 g/mol. The highest BCUT2D eigenvalue weighted by Crippen LogP contribution is 2.02. The number of rotatable bonds is 3. The van der Waals surface area contributed by atoms with Crippen LogP contribution in [0.4, 0.5) is 0 Å². The van der Waals surface area contributed by atoms with Crippen molar-refractivity contribution < 1.29 is 0 Å². The van der Waals surface area contributed by atoms with Gasteiger partial charge in [0.25, 0.3) is 0 Å². The molecular weight excluding hydrogens is 136 g/mol. The molecule has 0 atom stereocenters. The molecule has 1 heterocycles. The second-order valence-electron chi connectivity index (χ2n) is 3.24. The summed E-state index contributed by atoms with van der Waals surface area (Å²) in [5, 5.41) is 0. The summed E-state index contributed by atoms with van der Waals surface area (Å²) in [4.78, 5) is 5.37. The Morgan fingerprint density at radius 1 is 1.45 bits per heavy atom. The van der Waals surface area contributed by atoms with Gasteiger partial charge in [-0.3, -0.25) is 0 Å². The Hall–Kier alpha value is -0.760. The summed E-state index contributed by atoms with van der Waals surface area (Å²) in [5.74, 6) is 0. The third-order valence-electron chi connectivity index (χ3n) is 1.73. The first-order valence-corrected chi connectivity index (χ1v) is 3.97. The van der Waals surface area contributed by atoms with Gasteiger partial charge in [-0.1, -0.05) is 0 Å². The zero-order valence-electron chi connectivity index (χ0n) is 7.52. The van der Waals surface area contributed by atoms with Gasteiger partial charge in [-0.15, -0.1) is 0 Å². The maximum atomic E-state index is 3.17. The van der Waals surface area contributed by atoms with Crippen LogP contribution in [0.5, 0.6) is 0 Å². The quantitative estimate of drug-likeness (QED) is 0.694. The summed E-state index contributed by atoms with van der Waals surface area (Å²) in [6.45, 7) is 3.20. The van der Waals surface area contributed by atoms with E-state index < -0.39 is 0 Å². The molecule has 0 amide bonds. The van der Waals surface area contributed by atoms with Crippen LogP contribution < -0.4 is 0 Å². The van der Waals surface area contributed by atoms with Gasteiger partial charge in [-0.25, -0.2) is 0 Å². The van der Waals surface area contributed by atoms with Crippen molar-refractivity contribution >= 4 is 0 Å². The van der Waals surface area contributed by atoms with Crippen molar-refractivity contribution in [2.24, 2.45) is 0 Å². The van der Waals surface area contributed by atoms with Gasteiger partial charge >= 0.3 is 0 Å². The molecule has 1 N–H and O–H groups in total. The molecule has 0 bridgehead atoms. The van der Waals surface area contributed by atoms with E-state index in [4.69, 9.17) is 0 Å². The van der Waals surface area contributed by atoms with Gasteiger partial charge in [0.1, 0.15) is 0 Å². The van der Waals surface area contributed by atoms with Crippen molar-refractivity contribution in [1.29, 1.82) is 0 Å². The van der Waals surface area contributed by atoms with Crippen LogP contribution >= 0.6 is 0 Å². The van der Waals surface area contributed by atoms with Crippen LogP contribution in [0.25, 0.3) is 0 Å². The van der Waals surface area contributed by atoms with Gasteiger partial charge in [-0.2, -0.15) is 0 Å². The Bertz CT molecular complexity index is 213. The van der Waals surface area contributed by atoms with E-state index in [2.05, 4.69) is 43.2 Å². The molecule has 0 aromatic carbocycles. The molecule has 0 saturated carbocycles. The summed E-state index contributed by atoms with van der Waals surface area (Å²) < 4.78 is 0. The minimum absolute atomic E-state index is 1.12. The third-order valence-corrected chi connectivity index (χ3v) is 1.73. The van der Waals surface area contributed by atoms with Crippen molar-refractivity contribution in [3.05, 3.63) is 23.5 Å². The fourth-order valence-electron chi connectivity index (χ4n) is 1.07. The molecule has 0 saturated heterocycles. The Morgan fingerprint density at radius 2 is 2.18 bits per heavy atom. The standard InChI is InChI=1S/C9H16N2/c1-8-6-9(7-10-8)4-5-11(2)3/h6-7,10H,4-5H2,1-3H3. The molecule has 0 aliphatic heterocycles. The Balaban J connectivity index is 2.39. The molecule has 2 nitrogen and oxygen atoms in total. The van der Waals surface area contributed by atoms with Crippen molar-refractivity contribution in [2.45, 2.75) is 13.3 Å².